The highest BCUT2D eigenvalue weighted by Gasteiger charge is 2.31. The van der Waals surface area contributed by atoms with Gasteiger partial charge in [0.1, 0.15) is 6.54 Å². The fraction of sp³-hybridized carbons (Fsp3) is 0.571. The van der Waals surface area contributed by atoms with Crippen LogP contribution in [0.25, 0.3) is 0 Å². The standard InChI is InChI=1S/C14H19F3N2O2/c1-9(2)19(10(3)4)13(21)8-18-7-11(14(15,16)17)5-6-12(18)20/h5-7,9-10H,8H2,1-4H3. The minimum atomic E-state index is -4.55. The lowest BCUT2D eigenvalue weighted by Gasteiger charge is -2.31. The Morgan fingerprint density at radius 1 is 1.19 bits per heavy atom. The molecule has 0 aliphatic rings. The van der Waals surface area contributed by atoms with E-state index in [4.69, 9.17) is 0 Å². The molecule has 1 aromatic heterocycles. The van der Waals surface area contributed by atoms with Crippen molar-refractivity contribution in [2.75, 3.05) is 0 Å². The van der Waals surface area contributed by atoms with Crippen molar-refractivity contribution in [2.45, 2.75) is 52.5 Å². The molecular weight excluding hydrogens is 285 g/mol. The largest absolute Gasteiger partial charge is 0.417 e. The van der Waals surface area contributed by atoms with Gasteiger partial charge in [0.2, 0.25) is 5.91 Å². The second-order valence-corrected chi connectivity index (χ2v) is 5.37. The van der Waals surface area contributed by atoms with E-state index in [0.717, 1.165) is 10.6 Å². The van der Waals surface area contributed by atoms with Gasteiger partial charge in [-0.25, -0.2) is 0 Å². The predicted molar refractivity (Wildman–Crippen MR) is 72.8 cm³/mol. The van der Waals surface area contributed by atoms with Crippen LogP contribution < -0.4 is 5.56 Å². The van der Waals surface area contributed by atoms with Crippen molar-refractivity contribution in [3.8, 4) is 0 Å². The van der Waals surface area contributed by atoms with Gasteiger partial charge >= 0.3 is 6.18 Å². The van der Waals surface area contributed by atoms with Crippen molar-refractivity contribution in [3.05, 3.63) is 34.2 Å². The molecule has 0 atom stereocenters. The molecule has 0 spiro atoms. The number of amides is 1. The first-order valence-corrected chi connectivity index (χ1v) is 6.63. The second-order valence-electron chi connectivity index (χ2n) is 5.37. The van der Waals surface area contributed by atoms with Crippen LogP contribution in [-0.2, 0) is 17.5 Å². The summed E-state index contributed by atoms with van der Waals surface area (Å²) in [5.41, 5.74) is -1.58. The summed E-state index contributed by atoms with van der Waals surface area (Å²) in [7, 11) is 0. The van der Waals surface area contributed by atoms with E-state index in [9.17, 15) is 22.8 Å². The summed E-state index contributed by atoms with van der Waals surface area (Å²) < 4.78 is 38.7. The Hall–Kier alpha value is -1.79. The molecule has 0 saturated heterocycles. The number of nitrogens with zero attached hydrogens (tertiary/aromatic N) is 2. The maximum absolute atomic E-state index is 12.6. The summed E-state index contributed by atoms with van der Waals surface area (Å²) in [6, 6.07) is 1.34. The van der Waals surface area contributed by atoms with E-state index in [1.54, 1.807) is 0 Å². The molecule has 1 amide bonds. The first-order chi connectivity index (χ1) is 9.54. The predicted octanol–water partition coefficient (Wildman–Crippen LogP) is 2.51. The number of halogens is 3. The maximum atomic E-state index is 12.6. The first-order valence-electron chi connectivity index (χ1n) is 6.63. The normalized spacial score (nSPS) is 12.0. The van der Waals surface area contributed by atoms with Crippen LogP contribution in [0.4, 0.5) is 13.2 Å². The summed E-state index contributed by atoms with van der Waals surface area (Å²) in [6.07, 6.45) is -3.87. The molecule has 4 nitrogen and oxygen atoms in total. The molecule has 0 saturated carbocycles. The van der Waals surface area contributed by atoms with Gasteiger partial charge in [0.25, 0.3) is 5.56 Å². The summed E-state index contributed by atoms with van der Waals surface area (Å²) >= 11 is 0. The Kier molecular flexibility index (Phi) is 5.20. The zero-order chi connectivity index (χ0) is 16.4. The molecule has 0 fully saturated rings. The lowest BCUT2D eigenvalue weighted by molar-refractivity contribution is -0.139. The molecule has 21 heavy (non-hydrogen) atoms. The van der Waals surface area contributed by atoms with Gasteiger partial charge in [-0.1, -0.05) is 0 Å². The Bertz CT molecular complexity index is 554. The SMILES string of the molecule is CC(C)N(C(=O)Cn1cc(C(F)(F)F)ccc1=O)C(C)C. The molecule has 0 bridgehead atoms. The van der Waals surface area contributed by atoms with Gasteiger partial charge < -0.3 is 9.47 Å². The van der Waals surface area contributed by atoms with Crippen LogP contribution in [0.15, 0.2) is 23.1 Å². The van der Waals surface area contributed by atoms with E-state index in [-0.39, 0.29) is 18.0 Å². The average molecular weight is 304 g/mol. The molecule has 1 heterocycles. The topological polar surface area (TPSA) is 42.3 Å². The van der Waals surface area contributed by atoms with Gasteiger partial charge in [0, 0.05) is 24.3 Å². The first kappa shape index (κ1) is 17.3. The molecule has 0 unspecified atom stereocenters. The van der Waals surface area contributed by atoms with Crippen molar-refractivity contribution < 1.29 is 18.0 Å². The van der Waals surface area contributed by atoms with Gasteiger partial charge in [-0.15, -0.1) is 0 Å². The number of carbonyl (C=O) groups is 1. The monoisotopic (exact) mass is 304 g/mol. The highest BCUT2D eigenvalue weighted by atomic mass is 19.4. The highest BCUT2D eigenvalue weighted by Crippen LogP contribution is 2.28. The Labute approximate surface area is 121 Å². The minimum absolute atomic E-state index is 0.0981. The van der Waals surface area contributed by atoms with Crippen molar-refractivity contribution in [2.24, 2.45) is 0 Å². The molecule has 0 aromatic carbocycles. The summed E-state index contributed by atoms with van der Waals surface area (Å²) in [4.78, 5) is 25.3. The van der Waals surface area contributed by atoms with E-state index < -0.39 is 23.8 Å². The van der Waals surface area contributed by atoms with Crippen LogP contribution in [0, 0.1) is 0 Å². The molecule has 0 aliphatic heterocycles. The Morgan fingerprint density at radius 3 is 2.14 bits per heavy atom. The number of aromatic nitrogens is 1. The molecule has 7 heteroatoms. The third kappa shape index (κ3) is 4.34. The van der Waals surface area contributed by atoms with E-state index in [1.807, 2.05) is 27.7 Å². The lowest BCUT2D eigenvalue weighted by atomic mass is 10.2. The molecular formula is C14H19F3N2O2. The highest BCUT2D eigenvalue weighted by molar-refractivity contribution is 5.76. The molecule has 0 radical (unpaired) electrons. The average Bonchev–Trinajstić information content (AvgIpc) is 2.29. The second kappa shape index (κ2) is 6.32. The van der Waals surface area contributed by atoms with Crippen LogP contribution in [-0.4, -0.2) is 27.5 Å². The van der Waals surface area contributed by atoms with Crippen LogP contribution in [0.1, 0.15) is 33.3 Å². The Balaban J connectivity index is 3.07. The maximum Gasteiger partial charge on any atom is 0.417 e. The van der Waals surface area contributed by atoms with E-state index in [0.29, 0.717) is 12.3 Å². The number of alkyl halides is 3. The fourth-order valence-electron chi connectivity index (χ4n) is 2.22. The van der Waals surface area contributed by atoms with Crippen LogP contribution in [0.2, 0.25) is 0 Å². The van der Waals surface area contributed by atoms with Gasteiger partial charge in [-0.2, -0.15) is 13.2 Å². The quantitative estimate of drug-likeness (QED) is 0.858. The third-order valence-electron chi connectivity index (χ3n) is 3.02. The van der Waals surface area contributed by atoms with E-state index >= 15 is 0 Å². The van der Waals surface area contributed by atoms with E-state index in [2.05, 4.69) is 0 Å². The summed E-state index contributed by atoms with van der Waals surface area (Å²) in [6.45, 7) is 6.85. The zero-order valence-electron chi connectivity index (χ0n) is 12.4. The van der Waals surface area contributed by atoms with Gasteiger partial charge in [0.05, 0.1) is 5.56 Å². The zero-order valence-corrected chi connectivity index (χ0v) is 12.4. The summed E-state index contributed by atoms with van der Waals surface area (Å²) in [5, 5.41) is 0. The van der Waals surface area contributed by atoms with Crippen LogP contribution in [0.5, 0.6) is 0 Å². The number of carbonyl (C=O) groups excluding carboxylic acids is 1. The van der Waals surface area contributed by atoms with Crippen molar-refractivity contribution in [1.82, 2.24) is 9.47 Å². The third-order valence-corrected chi connectivity index (χ3v) is 3.02. The smallest absolute Gasteiger partial charge is 0.336 e. The molecule has 1 aromatic rings. The molecule has 1 rings (SSSR count). The van der Waals surface area contributed by atoms with Crippen LogP contribution in [0.3, 0.4) is 0 Å². The van der Waals surface area contributed by atoms with Gasteiger partial charge in [-0.3, -0.25) is 9.59 Å². The minimum Gasteiger partial charge on any atom is -0.336 e. The van der Waals surface area contributed by atoms with Crippen molar-refractivity contribution in [3.63, 3.8) is 0 Å². The van der Waals surface area contributed by atoms with Gasteiger partial charge in [-0.05, 0) is 33.8 Å². The van der Waals surface area contributed by atoms with Crippen LogP contribution >= 0.6 is 0 Å². The van der Waals surface area contributed by atoms with Crippen molar-refractivity contribution in [1.29, 1.82) is 0 Å². The number of hydrogen-bond donors (Lipinski definition) is 0. The lowest BCUT2D eigenvalue weighted by Crippen LogP contribution is -2.44. The molecule has 118 valence electrons. The molecule has 0 aliphatic carbocycles. The summed E-state index contributed by atoms with van der Waals surface area (Å²) in [5.74, 6) is -0.388. The van der Waals surface area contributed by atoms with Crippen molar-refractivity contribution >= 4 is 5.91 Å². The Morgan fingerprint density at radius 2 is 1.71 bits per heavy atom. The van der Waals surface area contributed by atoms with Gasteiger partial charge in [0.15, 0.2) is 0 Å². The molecule has 0 N–H and O–H groups in total. The fourth-order valence-corrected chi connectivity index (χ4v) is 2.22. The van der Waals surface area contributed by atoms with E-state index in [1.165, 1.54) is 4.90 Å². The number of hydrogen-bond acceptors (Lipinski definition) is 2. The number of rotatable bonds is 4. The number of pyridine rings is 1.